The van der Waals surface area contributed by atoms with Gasteiger partial charge in [0.15, 0.2) is 0 Å². The van der Waals surface area contributed by atoms with Crippen molar-refractivity contribution in [3.05, 3.63) is 66.1 Å². The predicted molar refractivity (Wildman–Crippen MR) is 73.7 cm³/mol. The Hall–Kier alpha value is -2.80. The number of anilines is 1. The van der Waals surface area contributed by atoms with E-state index in [1.165, 1.54) is 0 Å². The van der Waals surface area contributed by atoms with E-state index in [0.29, 0.717) is 12.1 Å². The molecule has 1 N–H and O–H groups in total. The quantitative estimate of drug-likeness (QED) is 0.775. The average Bonchev–Trinajstić information content (AvgIpc) is 2.88. The van der Waals surface area contributed by atoms with Gasteiger partial charge in [-0.05, 0) is 36.4 Å². The summed E-state index contributed by atoms with van der Waals surface area (Å²) >= 11 is 0. The minimum absolute atomic E-state index is 0.660. The number of hydrogen-bond donors (Lipinski definition) is 1. The van der Waals surface area contributed by atoms with Gasteiger partial charge in [0.05, 0.1) is 23.9 Å². The number of benzene rings is 1. The molecule has 0 amide bonds. The van der Waals surface area contributed by atoms with Crippen LogP contribution in [-0.4, -0.2) is 9.38 Å². The van der Waals surface area contributed by atoms with E-state index < -0.39 is 0 Å². The summed E-state index contributed by atoms with van der Waals surface area (Å²) in [7, 11) is 0. The summed E-state index contributed by atoms with van der Waals surface area (Å²) in [5.74, 6) is 0. The minimum Gasteiger partial charge on any atom is -0.379 e. The van der Waals surface area contributed by atoms with Crippen molar-refractivity contribution in [3.8, 4) is 6.07 Å². The number of rotatable bonds is 3. The fraction of sp³-hybridized carbons (Fsp3) is 0.0667. The lowest BCUT2D eigenvalue weighted by molar-refractivity contribution is 1.08. The Morgan fingerprint density at radius 2 is 2.00 bits per heavy atom. The number of pyridine rings is 1. The zero-order valence-corrected chi connectivity index (χ0v) is 10.2. The highest BCUT2D eigenvalue weighted by Crippen LogP contribution is 2.11. The van der Waals surface area contributed by atoms with Crippen LogP contribution in [0.4, 0.5) is 5.69 Å². The molecular formula is C15H12N4. The van der Waals surface area contributed by atoms with E-state index in [1.807, 2.05) is 47.1 Å². The van der Waals surface area contributed by atoms with Gasteiger partial charge in [-0.15, -0.1) is 0 Å². The molecule has 0 bridgehead atoms. The van der Waals surface area contributed by atoms with Gasteiger partial charge < -0.3 is 9.72 Å². The molecular weight excluding hydrogens is 236 g/mol. The highest BCUT2D eigenvalue weighted by atomic mass is 15.0. The summed E-state index contributed by atoms with van der Waals surface area (Å²) in [6.45, 7) is 0.660. The lowest BCUT2D eigenvalue weighted by Gasteiger charge is -2.03. The molecule has 3 rings (SSSR count). The molecule has 2 aromatic heterocycles. The number of imidazole rings is 1. The first kappa shape index (κ1) is 11.3. The molecule has 0 fully saturated rings. The van der Waals surface area contributed by atoms with Gasteiger partial charge >= 0.3 is 0 Å². The van der Waals surface area contributed by atoms with Gasteiger partial charge in [0, 0.05) is 18.1 Å². The largest absolute Gasteiger partial charge is 0.379 e. The van der Waals surface area contributed by atoms with Crippen LogP contribution in [0.25, 0.3) is 5.65 Å². The van der Waals surface area contributed by atoms with Gasteiger partial charge in [-0.1, -0.05) is 6.07 Å². The molecule has 19 heavy (non-hydrogen) atoms. The Labute approximate surface area is 110 Å². The summed E-state index contributed by atoms with van der Waals surface area (Å²) < 4.78 is 2.00. The summed E-state index contributed by atoms with van der Waals surface area (Å²) in [4.78, 5) is 4.51. The van der Waals surface area contributed by atoms with E-state index in [-0.39, 0.29) is 0 Å². The Morgan fingerprint density at radius 3 is 2.74 bits per heavy atom. The molecule has 0 aliphatic carbocycles. The molecule has 3 aromatic rings. The topological polar surface area (TPSA) is 53.1 Å². The van der Waals surface area contributed by atoms with Crippen LogP contribution in [0.15, 0.2) is 54.9 Å². The first-order valence-corrected chi connectivity index (χ1v) is 6.02. The van der Waals surface area contributed by atoms with Crippen molar-refractivity contribution in [1.29, 1.82) is 5.26 Å². The number of nitrogens with one attached hydrogen (secondary N) is 1. The minimum atomic E-state index is 0.660. The fourth-order valence-electron chi connectivity index (χ4n) is 1.93. The maximum Gasteiger partial charge on any atom is 0.137 e. The monoisotopic (exact) mass is 248 g/mol. The fourth-order valence-corrected chi connectivity index (χ4v) is 1.93. The third kappa shape index (κ3) is 2.40. The van der Waals surface area contributed by atoms with Gasteiger partial charge in [-0.25, -0.2) is 4.98 Å². The van der Waals surface area contributed by atoms with Crippen molar-refractivity contribution in [3.63, 3.8) is 0 Å². The first-order valence-electron chi connectivity index (χ1n) is 6.02. The first-order chi connectivity index (χ1) is 9.35. The van der Waals surface area contributed by atoms with E-state index in [0.717, 1.165) is 17.0 Å². The standard InChI is InChI=1S/C15H12N4/c16-9-12-4-6-13(7-5-12)17-10-14-11-19-8-2-1-3-15(19)18-14/h1-8,11,17H,10H2. The van der Waals surface area contributed by atoms with E-state index in [9.17, 15) is 0 Å². The molecule has 0 spiro atoms. The van der Waals surface area contributed by atoms with Crippen molar-refractivity contribution in [2.24, 2.45) is 0 Å². The molecule has 0 saturated heterocycles. The van der Waals surface area contributed by atoms with Crippen molar-refractivity contribution < 1.29 is 0 Å². The summed E-state index contributed by atoms with van der Waals surface area (Å²) in [5, 5.41) is 12.0. The summed E-state index contributed by atoms with van der Waals surface area (Å²) in [6.07, 6.45) is 3.99. The smallest absolute Gasteiger partial charge is 0.137 e. The summed E-state index contributed by atoms with van der Waals surface area (Å²) in [5.41, 5.74) is 3.57. The number of hydrogen-bond acceptors (Lipinski definition) is 3. The molecule has 1 aromatic carbocycles. The molecule has 0 saturated carbocycles. The van der Waals surface area contributed by atoms with Crippen molar-refractivity contribution in [2.75, 3.05) is 5.32 Å². The predicted octanol–water partition coefficient (Wildman–Crippen LogP) is 2.82. The molecule has 0 aliphatic heterocycles. The highest BCUT2D eigenvalue weighted by Gasteiger charge is 2.00. The van der Waals surface area contributed by atoms with Crippen LogP contribution >= 0.6 is 0 Å². The van der Waals surface area contributed by atoms with Crippen molar-refractivity contribution in [2.45, 2.75) is 6.54 Å². The van der Waals surface area contributed by atoms with Crippen LogP contribution in [0.3, 0.4) is 0 Å². The zero-order valence-electron chi connectivity index (χ0n) is 10.2. The van der Waals surface area contributed by atoms with Gasteiger partial charge in [0.25, 0.3) is 0 Å². The number of nitriles is 1. The second-order valence-electron chi connectivity index (χ2n) is 4.24. The second-order valence-corrected chi connectivity index (χ2v) is 4.24. The molecule has 0 atom stereocenters. The number of nitrogens with zero attached hydrogens (tertiary/aromatic N) is 3. The Morgan fingerprint density at radius 1 is 1.16 bits per heavy atom. The molecule has 4 nitrogen and oxygen atoms in total. The van der Waals surface area contributed by atoms with Crippen molar-refractivity contribution in [1.82, 2.24) is 9.38 Å². The lowest BCUT2D eigenvalue weighted by atomic mass is 10.2. The highest BCUT2D eigenvalue weighted by molar-refractivity contribution is 5.48. The lowest BCUT2D eigenvalue weighted by Crippen LogP contribution is -1.99. The van der Waals surface area contributed by atoms with Gasteiger partial charge in [-0.3, -0.25) is 0 Å². The van der Waals surface area contributed by atoms with Crippen LogP contribution in [-0.2, 0) is 6.54 Å². The van der Waals surface area contributed by atoms with Crippen molar-refractivity contribution >= 4 is 11.3 Å². The Balaban J connectivity index is 1.73. The van der Waals surface area contributed by atoms with Crippen LogP contribution in [0, 0.1) is 11.3 Å². The van der Waals surface area contributed by atoms with E-state index in [2.05, 4.69) is 16.4 Å². The Kier molecular flexibility index (Phi) is 2.87. The van der Waals surface area contributed by atoms with Gasteiger partial charge in [0.2, 0.25) is 0 Å². The van der Waals surface area contributed by atoms with Crippen LogP contribution in [0.2, 0.25) is 0 Å². The molecule has 92 valence electrons. The van der Waals surface area contributed by atoms with E-state index in [4.69, 9.17) is 5.26 Å². The SMILES string of the molecule is N#Cc1ccc(NCc2cn3ccccc3n2)cc1. The molecule has 0 radical (unpaired) electrons. The van der Waals surface area contributed by atoms with Gasteiger partial charge in [0.1, 0.15) is 5.65 Å². The molecule has 4 heteroatoms. The third-order valence-corrected chi connectivity index (χ3v) is 2.90. The maximum absolute atomic E-state index is 8.73. The van der Waals surface area contributed by atoms with Crippen LogP contribution in [0.5, 0.6) is 0 Å². The summed E-state index contributed by atoms with van der Waals surface area (Å²) in [6, 6.07) is 15.4. The second kappa shape index (κ2) is 4.83. The number of aromatic nitrogens is 2. The van der Waals surface area contributed by atoms with E-state index >= 15 is 0 Å². The zero-order chi connectivity index (χ0) is 13.1. The van der Waals surface area contributed by atoms with Crippen LogP contribution < -0.4 is 5.32 Å². The molecule has 2 heterocycles. The van der Waals surface area contributed by atoms with Crippen LogP contribution in [0.1, 0.15) is 11.3 Å². The maximum atomic E-state index is 8.73. The molecule has 0 unspecified atom stereocenters. The van der Waals surface area contributed by atoms with Gasteiger partial charge in [-0.2, -0.15) is 5.26 Å². The average molecular weight is 248 g/mol. The van der Waals surface area contributed by atoms with E-state index in [1.54, 1.807) is 12.1 Å². The Bertz CT molecular complexity index is 702. The third-order valence-electron chi connectivity index (χ3n) is 2.90. The number of fused-ring (bicyclic) bond motifs is 1. The molecule has 0 aliphatic rings. The normalized spacial score (nSPS) is 10.3.